The first-order chi connectivity index (χ1) is 12.5. The molecule has 6 heteroatoms. The van der Waals surface area contributed by atoms with Crippen LogP contribution in [0.15, 0.2) is 71.6 Å². The van der Waals surface area contributed by atoms with Crippen LogP contribution in [0.3, 0.4) is 0 Å². The van der Waals surface area contributed by atoms with E-state index in [9.17, 15) is 14.9 Å². The second-order valence-corrected chi connectivity index (χ2v) is 6.95. The summed E-state index contributed by atoms with van der Waals surface area (Å²) in [5.41, 5.74) is 1.13. The van der Waals surface area contributed by atoms with Crippen LogP contribution < -0.4 is 5.32 Å². The summed E-state index contributed by atoms with van der Waals surface area (Å²) < 4.78 is 0. The number of carbonyl (C=O) groups is 1. The zero-order valence-electron chi connectivity index (χ0n) is 14.2. The lowest BCUT2D eigenvalue weighted by molar-refractivity contribution is -0.384. The average Bonchev–Trinajstić information content (AvgIpc) is 2.66. The van der Waals surface area contributed by atoms with Crippen molar-refractivity contribution < 1.29 is 9.72 Å². The van der Waals surface area contributed by atoms with E-state index in [0.29, 0.717) is 0 Å². The molecule has 3 aromatic rings. The molecule has 0 bridgehead atoms. The molecule has 3 aromatic carbocycles. The molecule has 0 aliphatic rings. The number of nitro benzene ring substituents is 1. The number of carbonyl (C=O) groups excluding carboxylic acids is 1. The number of nitrogens with zero attached hydrogens (tertiary/aromatic N) is 1. The molecule has 5 nitrogen and oxygen atoms in total. The topological polar surface area (TPSA) is 72.2 Å². The lowest BCUT2D eigenvalue weighted by Crippen LogP contribution is -2.28. The van der Waals surface area contributed by atoms with Gasteiger partial charge in [-0.05, 0) is 35.4 Å². The molecule has 1 N–H and O–H groups in total. The molecule has 0 aliphatic carbocycles. The van der Waals surface area contributed by atoms with Crippen LogP contribution in [0.1, 0.15) is 18.5 Å². The highest BCUT2D eigenvalue weighted by Gasteiger charge is 2.13. The van der Waals surface area contributed by atoms with Crippen molar-refractivity contribution in [3.63, 3.8) is 0 Å². The molecule has 0 saturated heterocycles. The number of hydrogen-bond acceptors (Lipinski definition) is 4. The Kier molecular flexibility index (Phi) is 5.53. The minimum absolute atomic E-state index is 0.0448. The van der Waals surface area contributed by atoms with Crippen LogP contribution in [-0.4, -0.2) is 16.6 Å². The summed E-state index contributed by atoms with van der Waals surface area (Å²) in [6, 6.07) is 20.3. The Morgan fingerprint density at radius 1 is 1.08 bits per heavy atom. The zero-order chi connectivity index (χ0) is 18.5. The summed E-state index contributed by atoms with van der Waals surface area (Å²) >= 11 is 1.36. The maximum Gasteiger partial charge on any atom is 0.269 e. The summed E-state index contributed by atoms with van der Waals surface area (Å²) in [6.07, 6.45) is 0. The van der Waals surface area contributed by atoms with E-state index in [4.69, 9.17) is 0 Å². The maximum absolute atomic E-state index is 12.3. The average molecular weight is 366 g/mol. The Morgan fingerprint density at radius 3 is 2.50 bits per heavy atom. The number of benzene rings is 3. The first-order valence-corrected chi connectivity index (χ1v) is 9.17. The number of amides is 1. The van der Waals surface area contributed by atoms with Crippen LogP contribution in [0.5, 0.6) is 0 Å². The minimum atomic E-state index is -0.437. The van der Waals surface area contributed by atoms with Crippen LogP contribution in [0, 0.1) is 10.1 Å². The van der Waals surface area contributed by atoms with Gasteiger partial charge in [0.25, 0.3) is 5.69 Å². The predicted molar refractivity (Wildman–Crippen MR) is 104 cm³/mol. The molecule has 1 atom stereocenters. The highest BCUT2D eigenvalue weighted by atomic mass is 32.2. The van der Waals surface area contributed by atoms with Gasteiger partial charge in [-0.15, -0.1) is 11.8 Å². The largest absolute Gasteiger partial charge is 0.349 e. The molecule has 1 amide bonds. The van der Waals surface area contributed by atoms with Crippen molar-refractivity contribution in [3.8, 4) is 0 Å². The Balaban J connectivity index is 1.61. The van der Waals surface area contributed by atoms with E-state index in [0.717, 1.165) is 21.2 Å². The van der Waals surface area contributed by atoms with Gasteiger partial charge in [-0.2, -0.15) is 0 Å². The number of hydrogen-bond donors (Lipinski definition) is 1. The number of thioether (sulfide) groups is 1. The molecule has 0 saturated carbocycles. The number of rotatable bonds is 6. The van der Waals surface area contributed by atoms with Crippen molar-refractivity contribution in [3.05, 3.63) is 82.4 Å². The second kappa shape index (κ2) is 8.01. The second-order valence-electron chi connectivity index (χ2n) is 5.90. The van der Waals surface area contributed by atoms with Gasteiger partial charge in [-0.3, -0.25) is 14.9 Å². The van der Waals surface area contributed by atoms with Gasteiger partial charge in [0.2, 0.25) is 5.91 Å². The molecular formula is C20H18N2O3S. The molecule has 0 radical (unpaired) electrons. The van der Waals surface area contributed by atoms with Gasteiger partial charge in [0.1, 0.15) is 0 Å². The molecule has 1 unspecified atom stereocenters. The Bertz CT molecular complexity index is 936. The summed E-state index contributed by atoms with van der Waals surface area (Å²) in [7, 11) is 0. The van der Waals surface area contributed by atoms with Crippen molar-refractivity contribution in [2.24, 2.45) is 0 Å². The molecular weight excluding hydrogens is 348 g/mol. The summed E-state index contributed by atoms with van der Waals surface area (Å²) in [6.45, 7) is 1.97. The van der Waals surface area contributed by atoms with Gasteiger partial charge in [0, 0.05) is 17.0 Å². The van der Waals surface area contributed by atoms with Gasteiger partial charge in [0.15, 0.2) is 0 Å². The highest BCUT2D eigenvalue weighted by Crippen LogP contribution is 2.25. The van der Waals surface area contributed by atoms with E-state index in [2.05, 4.69) is 23.5 Å². The number of nitrogens with one attached hydrogen (secondary N) is 1. The molecule has 3 rings (SSSR count). The van der Waals surface area contributed by atoms with E-state index in [-0.39, 0.29) is 23.4 Å². The van der Waals surface area contributed by atoms with Crippen LogP contribution in [0.2, 0.25) is 0 Å². The van der Waals surface area contributed by atoms with Crippen molar-refractivity contribution in [2.75, 3.05) is 5.75 Å². The number of fused-ring (bicyclic) bond motifs is 1. The highest BCUT2D eigenvalue weighted by molar-refractivity contribution is 8.00. The van der Waals surface area contributed by atoms with Crippen LogP contribution in [0.4, 0.5) is 5.69 Å². The predicted octanol–water partition coefficient (Wildman–Crippen LogP) is 4.72. The number of non-ortho nitro benzene ring substituents is 1. The smallest absolute Gasteiger partial charge is 0.269 e. The molecule has 0 spiro atoms. The van der Waals surface area contributed by atoms with Crippen molar-refractivity contribution in [2.45, 2.75) is 17.9 Å². The molecule has 0 aromatic heterocycles. The lowest BCUT2D eigenvalue weighted by atomic mass is 10.00. The third-order valence-corrected chi connectivity index (χ3v) is 5.10. The summed E-state index contributed by atoms with van der Waals surface area (Å²) in [4.78, 5) is 23.3. The third kappa shape index (κ3) is 4.21. The quantitative estimate of drug-likeness (QED) is 0.389. The maximum atomic E-state index is 12.3. The molecule has 0 fully saturated rings. The fourth-order valence-corrected chi connectivity index (χ4v) is 3.51. The third-order valence-electron chi connectivity index (χ3n) is 4.08. The normalized spacial score (nSPS) is 11.9. The van der Waals surface area contributed by atoms with E-state index >= 15 is 0 Å². The standard InChI is InChI=1S/C20H18N2O3S/c1-14(18-8-4-6-15-5-2-3-7-19(15)18)21-20(23)13-26-17-11-9-16(10-12-17)22(24)25/h2-12,14H,13H2,1H3,(H,21,23). The van der Waals surface area contributed by atoms with Gasteiger partial charge in [0.05, 0.1) is 16.7 Å². The van der Waals surface area contributed by atoms with Crippen molar-refractivity contribution >= 4 is 34.1 Å². The van der Waals surface area contributed by atoms with Crippen molar-refractivity contribution in [1.82, 2.24) is 5.32 Å². The van der Waals surface area contributed by atoms with E-state index in [1.807, 2.05) is 31.2 Å². The van der Waals surface area contributed by atoms with Gasteiger partial charge in [-0.25, -0.2) is 0 Å². The fourth-order valence-electron chi connectivity index (χ4n) is 2.80. The monoisotopic (exact) mass is 366 g/mol. The summed E-state index contributed by atoms with van der Waals surface area (Å²) in [5.74, 6) is 0.182. The first kappa shape index (κ1) is 17.9. The Hall–Kier alpha value is -2.86. The SMILES string of the molecule is CC(NC(=O)CSc1ccc([N+](=O)[O-])cc1)c1cccc2ccccc12. The zero-order valence-corrected chi connectivity index (χ0v) is 15.0. The lowest BCUT2D eigenvalue weighted by Gasteiger charge is -2.16. The van der Waals surface area contributed by atoms with E-state index < -0.39 is 4.92 Å². The minimum Gasteiger partial charge on any atom is -0.349 e. The molecule has 0 heterocycles. The van der Waals surface area contributed by atoms with Crippen LogP contribution in [-0.2, 0) is 4.79 Å². The van der Waals surface area contributed by atoms with Gasteiger partial charge < -0.3 is 5.32 Å². The summed E-state index contributed by atoms with van der Waals surface area (Å²) in [5, 5.41) is 16.0. The van der Waals surface area contributed by atoms with E-state index in [1.54, 1.807) is 12.1 Å². The fraction of sp³-hybridized carbons (Fsp3) is 0.150. The van der Waals surface area contributed by atoms with Crippen LogP contribution >= 0.6 is 11.8 Å². The van der Waals surface area contributed by atoms with Crippen molar-refractivity contribution in [1.29, 1.82) is 0 Å². The Labute approximate surface area is 155 Å². The molecule has 132 valence electrons. The van der Waals surface area contributed by atoms with Gasteiger partial charge in [-0.1, -0.05) is 42.5 Å². The molecule has 0 aliphatic heterocycles. The first-order valence-electron chi connectivity index (χ1n) is 8.19. The van der Waals surface area contributed by atoms with E-state index in [1.165, 1.54) is 23.9 Å². The van der Waals surface area contributed by atoms with Gasteiger partial charge >= 0.3 is 0 Å². The van der Waals surface area contributed by atoms with Crippen LogP contribution in [0.25, 0.3) is 10.8 Å². The molecule has 26 heavy (non-hydrogen) atoms. The Morgan fingerprint density at radius 2 is 1.77 bits per heavy atom. The number of nitro groups is 1.